The number of terminal acetylenes is 1. The van der Waals surface area contributed by atoms with Crippen LogP contribution >= 0.6 is 23.7 Å². The van der Waals surface area contributed by atoms with Gasteiger partial charge in [-0.15, -0.1) is 18.8 Å². The second-order valence-electron chi connectivity index (χ2n) is 6.22. The molecule has 1 aromatic heterocycles. The molecule has 132 valence electrons. The summed E-state index contributed by atoms with van der Waals surface area (Å²) in [6.45, 7) is 2.04. The zero-order valence-electron chi connectivity index (χ0n) is 14.0. The molecule has 0 spiro atoms. The van der Waals surface area contributed by atoms with Crippen LogP contribution in [0.15, 0.2) is 36.4 Å². The standard InChI is InChI=1S/C20H15FN2OS.ClH/c1-3-12-5-4-11(2)14(8-12)13-6-7-17-18(9-13)25-20(22-17)23-19(24)15-10-16(15)21;/h1,4-9,15-16H,10H2,2H3,(H,22,23,24);1H/t15-,16+;/m1./s1. The summed E-state index contributed by atoms with van der Waals surface area (Å²) in [7, 11) is 0. The van der Waals surface area contributed by atoms with Crippen molar-refractivity contribution in [1.29, 1.82) is 0 Å². The third-order valence-corrected chi connectivity index (χ3v) is 5.32. The molecule has 3 nitrogen and oxygen atoms in total. The molecule has 1 N–H and O–H groups in total. The number of anilines is 1. The summed E-state index contributed by atoms with van der Waals surface area (Å²) in [5.74, 6) is 1.85. The van der Waals surface area contributed by atoms with Crippen LogP contribution in [0.4, 0.5) is 9.52 Å². The SMILES string of the molecule is C#Cc1ccc(C)c(-c2ccc3nc(NC(=O)[C@@H]4C[C@@H]4F)sc3c2)c1.Cl. The number of carbonyl (C=O) groups excluding carboxylic acids is 1. The average Bonchev–Trinajstić information content (AvgIpc) is 3.20. The molecule has 6 heteroatoms. The average molecular weight is 387 g/mol. The van der Waals surface area contributed by atoms with Crippen molar-refractivity contribution in [1.82, 2.24) is 4.98 Å². The highest BCUT2D eigenvalue weighted by molar-refractivity contribution is 7.22. The van der Waals surface area contributed by atoms with Crippen LogP contribution in [-0.2, 0) is 4.79 Å². The third kappa shape index (κ3) is 3.44. The maximum absolute atomic E-state index is 13.0. The lowest BCUT2D eigenvalue weighted by Gasteiger charge is -2.07. The minimum Gasteiger partial charge on any atom is -0.302 e. The molecule has 26 heavy (non-hydrogen) atoms. The molecule has 1 heterocycles. The maximum Gasteiger partial charge on any atom is 0.232 e. The van der Waals surface area contributed by atoms with E-state index in [-0.39, 0.29) is 18.3 Å². The number of fused-ring (bicyclic) bond motifs is 1. The van der Waals surface area contributed by atoms with Crippen molar-refractivity contribution in [3.8, 4) is 23.5 Å². The van der Waals surface area contributed by atoms with E-state index in [1.165, 1.54) is 11.3 Å². The molecule has 1 aliphatic rings. The van der Waals surface area contributed by atoms with Crippen LogP contribution in [0.5, 0.6) is 0 Å². The number of halogens is 2. The number of hydrogen-bond acceptors (Lipinski definition) is 3. The molecule has 0 radical (unpaired) electrons. The second kappa shape index (κ2) is 7.06. The van der Waals surface area contributed by atoms with Crippen LogP contribution in [0.3, 0.4) is 0 Å². The van der Waals surface area contributed by atoms with Crippen molar-refractivity contribution in [2.24, 2.45) is 5.92 Å². The van der Waals surface area contributed by atoms with Crippen LogP contribution in [0.25, 0.3) is 21.3 Å². The number of nitrogens with zero attached hydrogens (tertiary/aromatic N) is 1. The summed E-state index contributed by atoms with van der Waals surface area (Å²) >= 11 is 1.39. The van der Waals surface area contributed by atoms with Gasteiger partial charge in [0.05, 0.1) is 16.1 Å². The van der Waals surface area contributed by atoms with E-state index in [1.807, 2.05) is 43.3 Å². The smallest absolute Gasteiger partial charge is 0.232 e. The summed E-state index contributed by atoms with van der Waals surface area (Å²) in [5.41, 5.74) is 4.91. The highest BCUT2D eigenvalue weighted by Gasteiger charge is 2.43. The number of benzene rings is 2. The second-order valence-corrected chi connectivity index (χ2v) is 7.25. The van der Waals surface area contributed by atoms with E-state index in [4.69, 9.17) is 6.42 Å². The first-order chi connectivity index (χ1) is 12.0. The van der Waals surface area contributed by atoms with E-state index in [2.05, 4.69) is 16.2 Å². The van der Waals surface area contributed by atoms with Gasteiger partial charge in [0, 0.05) is 5.56 Å². The largest absolute Gasteiger partial charge is 0.302 e. The highest BCUT2D eigenvalue weighted by atomic mass is 35.5. The van der Waals surface area contributed by atoms with E-state index < -0.39 is 12.1 Å². The lowest BCUT2D eigenvalue weighted by molar-refractivity contribution is -0.117. The van der Waals surface area contributed by atoms with Crippen molar-refractivity contribution in [3.63, 3.8) is 0 Å². The molecule has 2 aromatic carbocycles. The number of thiazole rings is 1. The van der Waals surface area contributed by atoms with E-state index in [0.29, 0.717) is 11.6 Å². The first-order valence-corrected chi connectivity index (χ1v) is 8.80. The molecule has 1 aliphatic carbocycles. The first-order valence-electron chi connectivity index (χ1n) is 7.98. The number of aryl methyl sites for hydroxylation is 1. The van der Waals surface area contributed by atoms with E-state index >= 15 is 0 Å². The number of nitrogens with one attached hydrogen (secondary N) is 1. The molecule has 2 atom stereocenters. The van der Waals surface area contributed by atoms with Crippen LogP contribution in [0, 0.1) is 25.2 Å². The van der Waals surface area contributed by atoms with Gasteiger partial charge in [0.1, 0.15) is 6.17 Å². The summed E-state index contributed by atoms with van der Waals surface area (Å²) in [5, 5.41) is 3.22. The van der Waals surface area contributed by atoms with Gasteiger partial charge in [0.15, 0.2) is 5.13 Å². The monoisotopic (exact) mass is 386 g/mol. The van der Waals surface area contributed by atoms with Crippen molar-refractivity contribution >= 4 is 45.0 Å². The Morgan fingerprint density at radius 1 is 1.35 bits per heavy atom. The molecule has 3 aromatic rings. The predicted molar refractivity (Wildman–Crippen MR) is 107 cm³/mol. The van der Waals surface area contributed by atoms with Crippen molar-refractivity contribution in [2.45, 2.75) is 19.5 Å². The molecule has 1 fully saturated rings. The van der Waals surface area contributed by atoms with Crippen LogP contribution in [-0.4, -0.2) is 17.1 Å². The first kappa shape index (κ1) is 18.4. The molecule has 0 bridgehead atoms. The zero-order valence-corrected chi connectivity index (χ0v) is 15.6. The lowest BCUT2D eigenvalue weighted by Crippen LogP contribution is -2.14. The Labute approximate surface area is 161 Å². The number of rotatable bonds is 3. The summed E-state index contributed by atoms with van der Waals surface area (Å²) in [6, 6.07) is 11.9. The Morgan fingerprint density at radius 2 is 2.12 bits per heavy atom. The van der Waals surface area contributed by atoms with Crippen LogP contribution in [0.1, 0.15) is 17.5 Å². The van der Waals surface area contributed by atoms with Crippen LogP contribution in [0.2, 0.25) is 0 Å². The Kier molecular flexibility index (Phi) is 4.99. The Balaban J connectivity index is 0.00000196. The van der Waals surface area contributed by atoms with Gasteiger partial charge < -0.3 is 5.32 Å². The Morgan fingerprint density at radius 3 is 2.81 bits per heavy atom. The van der Waals surface area contributed by atoms with Crippen LogP contribution < -0.4 is 5.32 Å². The van der Waals surface area contributed by atoms with Crippen molar-refractivity contribution < 1.29 is 9.18 Å². The summed E-state index contributed by atoms with van der Waals surface area (Å²) in [4.78, 5) is 16.3. The fourth-order valence-corrected chi connectivity index (χ4v) is 3.71. The number of carbonyl (C=O) groups is 1. The predicted octanol–water partition coefficient (Wildman–Crippen LogP) is 4.97. The summed E-state index contributed by atoms with van der Waals surface area (Å²) < 4.78 is 13.9. The maximum atomic E-state index is 13.0. The Bertz CT molecular complexity index is 1040. The topological polar surface area (TPSA) is 42.0 Å². The molecular weight excluding hydrogens is 371 g/mol. The molecule has 0 saturated heterocycles. The van der Waals surface area contributed by atoms with Gasteiger partial charge >= 0.3 is 0 Å². The molecule has 4 rings (SSSR count). The minimum absolute atomic E-state index is 0. The summed E-state index contributed by atoms with van der Waals surface area (Å²) in [6.07, 6.45) is 4.81. The van der Waals surface area contributed by atoms with Gasteiger partial charge in [-0.05, 0) is 54.3 Å². The lowest BCUT2D eigenvalue weighted by atomic mass is 9.98. The van der Waals surface area contributed by atoms with Gasteiger partial charge in [-0.2, -0.15) is 0 Å². The van der Waals surface area contributed by atoms with Gasteiger partial charge in [-0.3, -0.25) is 4.79 Å². The molecule has 0 unspecified atom stereocenters. The molecule has 1 saturated carbocycles. The minimum atomic E-state index is -1.01. The van der Waals surface area contributed by atoms with Gasteiger partial charge in [-0.25, -0.2) is 9.37 Å². The molecule has 0 aliphatic heterocycles. The van der Waals surface area contributed by atoms with Crippen molar-refractivity contribution in [2.75, 3.05) is 5.32 Å². The van der Waals surface area contributed by atoms with Gasteiger partial charge in [-0.1, -0.05) is 29.4 Å². The number of aromatic nitrogens is 1. The molecular formula is C20H16ClFN2OS. The van der Waals surface area contributed by atoms with E-state index in [1.54, 1.807) is 0 Å². The number of hydrogen-bond donors (Lipinski definition) is 1. The van der Waals surface area contributed by atoms with Crippen molar-refractivity contribution in [3.05, 3.63) is 47.5 Å². The zero-order chi connectivity index (χ0) is 17.6. The quantitative estimate of drug-likeness (QED) is 0.645. The Hall–Kier alpha value is -2.42. The van der Waals surface area contributed by atoms with E-state index in [9.17, 15) is 9.18 Å². The van der Waals surface area contributed by atoms with Gasteiger partial charge in [0.25, 0.3) is 0 Å². The fourth-order valence-electron chi connectivity index (χ4n) is 2.80. The molecule has 1 amide bonds. The number of amides is 1. The highest BCUT2D eigenvalue weighted by Crippen LogP contribution is 2.36. The third-order valence-electron chi connectivity index (χ3n) is 4.38. The van der Waals surface area contributed by atoms with Gasteiger partial charge in [0.2, 0.25) is 5.91 Å². The number of alkyl halides is 1. The fraction of sp³-hybridized carbons (Fsp3) is 0.200. The van der Waals surface area contributed by atoms with E-state index in [0.717, 1.165) is 32.5 Å². The normalized spacial score (nSPS) is 18.0.